The fourth-order valence-electron chi connectivity index (χ4n) is 4.58. The second-order valence-electron chi connectivity index (χ2n) is 8.09. The zero-order chi connectivity index (χ0) is 18.6. The van der Waals surface area contributed by atoms with Gasteiger partial charge in [0.05, 0.1) is 5.75 Å². The van der Waals surface area contributed by atoms with E-state index in [9.17, 15) is 8.42 Å². The van der Waals surface area contributed by atoms with Crippen LogP contribution < -0.4 is 10.6 Å². The van der Waals surface area contributed by atoms with E-state index < -0.39 is 10.0 Å². The lowest BCUT2D eigenvalue weighted by atomic mass is 9.85. The second kappa shape index (κ2) is 10.6. The van der Waals surface area contributed by atoms with Gasteiger partial charge >= 0.3 is 0 Å². The van der Waals surface area contributed by atoms with Crippen molar-refractivity contribution >= 4 is 40.0 Å². The average Bonchev–Trinajstić information content (AvgIpc) is 3.42. The molecule has 2 saturated carbocycles. The van der Waals surface area contributed by atoms with E-state index in [0.717, 1.165) is 37.2 Å². The molecule has 6 nitrogen and oxygen atoms in total. The fourth-order valence-corrected chi connectivity index (χ4v) is 5.72. The summed E-state index contributed by atoms with van der Waals surface area (Å²) in [5, 5.41) is 7.21. The topological polar surface area (TPSA) is 73.8 Å². The highest BCUT2D eigenvalue weighted by atomic mass is 127. The number of nitrogens with zero attached hydrogens (tertiary/aromatic N) is 2. The second-order valence-corrected chi connectivity index (χ2v) is 10.3. The fraction of sp³-hybridized carbons (Fsp3) is 0.947. The molecule has 0 bridgehead atoms. The molecule has 3 rings (SSSR count). The summed E-state index contributed by atoms with van der Waals surface area (Å²) in [6, 6.07) is 0.888. The quantitative estimate of drug-likeness (QED) is 0.326. The molecule has 0 spiro atoms. The highest BCUT2D eigenvalue weighted by Crippen LogP contribution is 2.44. The van der Waals surface area contributed by atoms with Gasteiger partial charge in [0, 0.05) is 31.7 Å². The summed E-state index contributed by atoms with van der Waals surface area (Å²) in [7, 11) is -3.05. The van der Waals surface area contributed by atoms with Gasteiger partial charge in [-0.15, -0.1) is 24.0 Å². The molecule has 0 radical (unpaired) electrons. The van der Waals surface area contributed by atoms with Crippen LogP contribution in [0.25, 0.3) is 0 Å². The molecule has 0 aromatic heterocycles. The van der Waals surface area contributed by atoms with Crippen molar-refractivity contribution in [1.29, 1.82) is 0 Å². The summed E-state index contributed by atoms with van der Waals surface area (Å²) in [4.78, 5) is 4.62. The first kappa shape index (κ1) is 23.2. The van der Waals surface area contributed by atoms with E-state index in [1.54, 1.807) is 11.2 Å². The zero-order valence-corrected chi connectivity index (χ0v) is 20.0. The number of nitrogens with one attached hydrogen (secondary N) is 2. The average molecular weight is 513 g/mol. The van der Waals surface area contributed by atoms with Crippen LogP contribution in [-0.4, -0.2) is 56.2 Å². The molecule has 0 aromatic carbocycles. The molecule has 0 aromatic rings. The molecule has 158 valence electrons. The number of guanidine groups is 1. The van der Waals surface area contributed by atoms with E-state index in [4.69, 9.17) is 0 Å². The first-order valence-electron chi connectivity index (χ1n) is 10.6. The molecular weight excluding hydrogens is 475 g/mol. The van der Waals surface area contributed by atoms with Crippen molar-refractivity contribution in [2.75, 3.05) is 25.4 Å². The number of aliphatic imine (C=N–C) groups is 1. The molecule has 2 N–H and O–H groups in total. The molecule has 8 heteroatoms. The lowest BCUT2D eigenvalue weighted by Gasteiger charge is -2.32. The Bertz CT molecular complexity index is 585. The maximum absolute atomic E-state index is 12.0. The Morgan fingerprint density at radius 2 is 1.70 bits per heavy atom. The molecule has 3 fully saturated rings. The minimum atomic E-state index is -3.05. The van der Waals surface area contributed by atoms with E-state index in [-0.39, 0.29) is 29.7 Å². The molecule has 1 aliphatic heterocycles. The summed E-state index contributed by atoms with van der Waals surface area (Å²) in [5.41, 5.74) is 0. The van der Waals surface area contributed by atoms with Gasteiger partial charge in [0.1, 0.15) is 0 Å². The van der Waals surface area contributed by atoms with Crippen LogP contribution in [0.15, 0.2) is 4.99 Å². The van der Waals surface area contributed by atoms with Crippen LogP contribution in [0.3, 0.4) is 0 Å². The minimum absolute atomic E-state index is 0. The molecule has 2 atom stereocenters. The normalized spacial score (nSPS) is 28.4. The monoisotopic (exact) mass is 512 g/mol. The minimum Gasteiger partial charge on any atom is -0.354 e. The molecular formula is C19H37IN4O2S. The largest absolute Gasteiger partial charge is 0.354 e. The zero-order valence-electron chi connectivity index (χ0n) is 16.8. The molecule has 1 saturated heterocycles. The van der Waals surface area contributed by atoms with Gasteiger partial charge in [-0.1, -0.05) is 32.1 Å². The van der Waals surface area contributed by atoms with Gasteiger partial charge in [0.2, 0.25) is 10.0 Å². The first-order valence-corrected chi connectivity index (χ1v) is 12.2. The third-order valence-electron chi connectivity index (χ3n) is 6.29. The molecule has 2 unspecified atom stereocenters. The van der Waals surface area contributed by atoms with Crippen molar-refractivity contribution in [1.82, 2.24) is 14.9 Å². The van der Waals surface area contributed by atoms with Gasteiger partial charge in [-0.2, -0.15) is 0 Å². The van der Waals surface area contributed by atoms with Crippen molar-refractivity contribution in [3.8, 4) is 0 Å². The van der Waals surface area contributed by atoms with E-state index >= 15 is 0 Å². The Labute approximate surface area is 182 Å². The summed E-state index contributed by atoms with van der Waals surface area (Å²) >= 11 is 0. The number of piperidine rings is 1. The van der Waals surface area contributed by atoms with Crippen LogP contribution in [0.4, 0.5) is 0 Å². The van der Waals surface area contributed by atoms with Gasteiger partial charge in [0.25, 0.3) is 0 Å². The maximum Gasteiger partial charge on any atom is 0.213 e. The van der Waals surface area contributed by atoms with Crippen molar-refractivity contribution in [2.45, 2.75) is 77.3 Å². The van der Waals surface area contributed by atoms with Crippen molar-refractivity contribution in [3.05, 3.63) is 0 Å². The predicted molar refractivity (Wildman–Crippen MR) is 122 cm³/mol. The predicted octanol–water partition coefficient (Wildman–Crippen LogP) is 2.94. The van der Waals surface area contributed by atoms with Gasteiger partial charge < -0.3 is 10.6 Å². The lowest BCUT2D eigenvalue weighted by molar-refractivity contribution is 0.304. The van der Waals surface area contributed by atoms with Gasteiger partial charge in [-0.25, -0.2) is 12.7 Å². The van der Waals surface area contributed by atoms with E-state index in [1.165, 1.54) is 38.5 Å². The van der Waals surface area contributed by atoms with Crippen molar-refractivity contribution in [3.63, 3.8) is 0 Å². The number of hydrogen-bond donors (Lipinski definition) is 2. The van der Waals surface area contributed by atoms with Gasteiger partial charge in [-0.05, 0) is 44.9 Å². The van der Waals surface area contributed by atoms with Crippen LogP contribution in [0.2, 0.25) is 0 Å². The van der Waals surface area contributed by atoms with E-state index in [0.29, 0.717) is 25.2 Å². The third kappa shape index (κ3) is 6.45. The number of sulfonamides is 1. The maximum atomic E-state index is 12.0. The number of hydrogen-bond acceptors (Lipinski definition) is 3. The van der Waals surface area contributed by atoms with Crippen molar-refractivity contribution in [2.24, 2.45) is 16.8 Å². The smallest absolute Gasteiger partial charge is 0.213 e. The third-order valence-corrected chi connectivity index (χ3v) is 8.17. The highest BCUT2D eigenvalue weighted by Gasteiger charge is 2.43. The molecule has 0 amide bonds. The van der Waals surface area contributed by atoms with E-state index in [1.807, 2.05) is 0 Å². The lowest BCUT2D eigenvalue weighted by Crippen LogP contribution is -2.50. The van der Waals surface area contributed by atoms with Gasteiger partial charge in [0.15, 0.2) is 5.96 Å². The molecule has 3 aliphatic rings. The Balaban J connectivity index is 0.00000261. The van der Waals surface area contributed by atoms with Crippen LogP contribution in [-0.2, 0) is 10.0 Å². The standard InChI is InChI=1S/C19H36N4O2S.HI/c1-3-20-19(22-18-14-17(18)15-8-6-5-7-9-15)21-16-10-12-23(13-11-16)26(24,25)4-2;/h15-18H,3-14H2,1-2H3,(H2,20,21,22);1H. The molecule has 2 aliphatic carbocycles. The van der Waals surface area contributed by atoms with E-state index in [2.05, 4.69) is 22.5 Å². The number of halogens is 1. The van der Waals surface area contributed by atoms with Crippen LogP contribution in [0, 0.1) is 11.8 Å². The number of rotatable bonds is 6. The molecule has 1 heterocycles. The summed E-state index contributed by atoms with van der Waals surface area (Å²) < 4.78 is 25.6. The summed E-state index contributed by atoms with van der Waals surface area (Å²) in [6.45, 7) is 5.77. The van der Waals surface area contributed by atoms with Crippen LogP contribution >= 0.6 is 24.0 Å². The molecule has 27 heavy (non-hydrogen) atoms. The van der Waals surface area contributed by atoms with Crippen molar-refractivity contribution < 1.29 is 8.42 Å². The van der Waals surface area contributed by atoms with Crippen LogP contribution in [0.1, 0.15) is 65.2 Å². The summed E-state index contributed by atoms with van der Waals surface area (Å²) in [5.74, 6) is 2.86. The highest BCUT2D eigenvalue weighted by molar-refractivity contribution is 14.0. The Kier molecular flexibility index (Phi) is 9.12. The Hall–Kier alpha value is -0.0900. The first-order chi connectivity index (χ1) is 12.5. The van der Waals surface area contributed by atoms with Gasteiger partial charge in [-0.3, -0.25) is 4.99 Å². The SMILES string of the molecule is CCN=C(NC1CCN(S(=O)(=O)CC)CC1)NC1CC1C1CCCCC1.I. The Morgan fingerprint density at radius 1 is 1.04 bits per heavy atom. The summed E-state index contributed by atoms with van der Waals surface area (Å²) in [6.07, 6.45) is 10.0. The Morgan fingerprint density at radius 3 is 2.30 bits per heavy atom. The van der Waals surface area contributed by atoms with Crippen LogP contribution in [0.5, 0.6) is 0 Å².